The number of aryl methyl sites for hydroxylation is 1. The van der Waals surface area contributed by atoms with Crippen molar-refractivity contribution in [1.29, 1.82) is 0 Å². The van der Waals surface area contributed by atoms with Crippen LogP contribution in [0.15, 0.2) is 42.5 Å². The molecule has 2 aromatic carbocycles. The Bertz CT molecular complexity index is 588. The molecular weight excluding hydrogens is 234 g/mol. The minimum Gasteiger partial charge on any atom is -0.508 e. The summed E-state index contributed by atoms with van der Waals surface area (Å²) >= 11 is 0. The monoisotopic (exact) mass is 253 g/mol. The van der Waals surface area contributed by atoms with Crippen LogP contribution < -0.4 is 5.32 Å². The number of hydrogen-bond acceptors (Lipinski definition) is 2. The van der Waals surface area contributed by atoms with Gasteiger partial charge in [-0.05, 0) is 60.6 Å². The average molecular weight is 253 g/mol. The third-order valence-corrected chi connectivity index (χ3v) is 3.75. The third kappa shape index (κ3) is 2.73. The van der Waals surface area contributed by atoms with Gasteiger partial charge in [0, 0.05) is 12.2 Å². The van der Waals surface area contributed by atoms with E-state index in [1.807, 2.05) is 19.1 Å². The van der Waals surface area contributed by atoms with E-state index >= 15 is 0 Å². The first-order valence-corrected chi connectivity index (χ1v) is 6.85. The lowest BCUT2D eigenvalue weighted by Gasteiger charge is -2.11. The first-order chi connectivity index (χ1) is 9.24. The molecule has 0 heterocycles. The van der Waals surface area contributed by atoms with Crippen molar-refractivity contribution in [3.05, 3.63) is 59.2 Å². The molecule has 3 rings (SSSR count). The highest BCUT2D eigenvalue weighted by atomic mass is 16.3. The van der Waals surface area contributed by atoms with E-state index in [1.165, 1.54) is 24.0 Å². The van der Waals surface area contributed by atoms with Gasteiger partial charge in [-0.3, -0.25) is 0 Å². The summed E-state index contributed by atoms with van der Waals surface area (Å²) in [5, 5.41) is 13.0. The van der Waals surface area contributed by atoms with Crippen molar-refractivity contribution in [2.45, 2.75) is 32.2 Å². The standard InChI is InChI=1S/C17H19NO/c1-12-10-15(8-9-17(12)19)18-11-14-4-2-3-5-16(14)13-6-7-13/h2-5,8-10,13,18-19H,6-7,11H2,1H3. The molecular formula is C17H19NO. The Labute approximate surface area is 114 Å². The second kappa shape index (κ2) is 4.96. The first-order valence-electron chi connectivity index (χ1n) is 6.85. The zero-order valence-corrected chi connectivity index (χ0v) is 11.2. The summed E-state index contributed by atoms with van der Waals surface area (Å²) in [5.41, 5.74) is 4.84. The highest BCUT2D eigenvalue weighted by molar-refractivity contribution is 5.51. The van der Waals surface area contributed by atoms with Gasteiger partial charge in [0.1, 0.15) is 5.75 Å². The fourth-order valence-electron chi connectivity index (χ4n) is 2.45. The molecule has 0 spiro atoms. The molecule has 0 amide bonds. The van der Waals surface area contributed by atoms with Gasteiger partial charge in [0.15, 0.2) is 0 Å². The van der Waals surface area contributed by atoms with Crippen molar-refractivity contribution in [2.75, 3.05) is 5.32 Å². The smallest absolute Gasteiger partial charge is 0.118 e. The summed E-state index contributed by atoms with van der Waals surface area (Å²) in [6.45, 7) is 2.76. The van der Waals surface area contributed by atoms with Gasteiger partial charge in [0.25, 0.3) is 0 Å². The molecule has 0 saturated heterocycles. The lowest BCUT2D eigenvalue weighted by molar-refractivity contribution is 0.471. The number of phenolic OH excluding ortho intramolecular Hbond substituents is 1. The van der Waals surface area contributed by atoms with Gasteiger partial charge in [-0.2, -0.15) is 0 Å². The number of nitrogens with one attached hydrogen (secondary N) is 1. The summed E-state index contributed by atoms with van der Waals surface area (Å²) in [5.74, 6) is 1.13. The van der Waals surface area contributed by atoms with Crippen LogP contribution in [-0.2, 0) is 6.54 Å². The first kappa shape index (κ1) is 12.1. The Hall–Kier alpha value is -1.96. The molecule has 2 aromatic rings. The van der Waals surface area contributed by atoms with E-state index in [0.29, 0.717) is 5.75 Å². The summed E-state index contributed by atoms with van der Waals surface area (Å²) in [4.78, 5) is 0. The fraction of sp³-hybridized carbons (Fsp3) is 0.294. The molecule has 0 unspecified atom stereocenters. The molecule has 0 aliphatic heterocycles. The summed E-state index contributed by atoms with van der Waals surface area (Å²) in [6.07, 6.45) is 2.66. The number of aromatic hydroxyl groups is 1. The Balaban J connectivity index is 1.73. The molecule has 1 aliphatic carbocycles. The molecule has 1 saturated carbocycles. The van der Waals surface area contributed by atoms with Crippen LogP contribution in [0.3, 0.4) is 0 Å². The highest BCUT2D eigenvalue weighted by Crippen LogP contribution is 2.41. The lowest BCUT2D eigenvalue weighted by Crippen LogP contribution is -2.02. The average Bonchev–Trinajstić information content (AvgIpc) is 3.25. The van der Waals surface area contributed by atoms with Crippen molar-refractivity contribution in [2.24, 2.45) is 0 Å². The van der Waals surface area contributed by atoms with Crippen molar-refractivity contribution in [3.63, 3.8) is 0 Å². The van der Waals surface area contributed by atoms with Crippen molar-refractivity contribution in [1.82, 2.24) is 0 Å². The van der Waals surface area contributed by atoms with Crippen LogP contribution in [0, 0.1) is 6.92 Å². The van der Waals surface area contributed by atoms with Gasteiger partial charge in [0.2, 0.25) is 0 Å². The zero-order chi connectivity index (χ0) is 13.2. The summed E-state index contributed by atoms with van der Waals surface area (Å²) < 4.78 is 0. The Morgan fingerprint density at radius 1 is 1.16 bits per heavy atom. The van der Waals surface area contributed by atoms with Gasteiger partial charge >= 0.3 is 0 Å². The van der Waals surface area contributed by atoms with E-state index < -0.39 is 0 Å². The molecule has 1 fully saturated rings. The van der Waals surface area contributed by atoms with Crippen LogP contribution in [0.1, 0.15) is 35.4 Å². The normalized spacial score (nSPS) is 14.4. The molecule has 19 heavy (non-hydrogen) atoms. The van der Waals surface area contributed by atoms with Crippen molar-refractivity contribution < 1.29 is 5.11 Å². The SMILES string of the molecule is Cc1cc(NCc2ccccc2C2CC2)ccc1O. The maximum absolute atomic E-state index is 9.53. The molecule has 2 N–H and O–H groups in total. The van der Waals surface area contributed by atoms with Gasteiger partial charge in [-0.25, -0.2) is 0 Å². The van der Waals surface area contributed by atoms with E-state index in [1.54, 1.807) is 6.07 Å². The maximum atomic E-state index is 9.53. The van der Waals surface area contributed by atoms with E-state index in [0.717, 1.165) is 23.7 Å². The topological polar surface area (TPSA) is 32.3 Å². The zero-order valence-electron chi connectivity index (χ0n) is 11.2. The minimum atomic E-state index is 0.351. The Kier molecular flexibility index (Phi) is 3.16. The van der Waals surface area contributed by atoms with Crippen molar-refractivity contribution >= 4 is 5.69 Å². The molecule has 0 atom stereocenters. The summed E-state index contributed by atoms with van der Waals surface area (Å²) in [7, 11) is 0. The number of anilines is 1. The number of phenols is 1. The molecule has 2 nitrogen and oxygen atoms in total. The van der Waals surface area contributed by atoms with Crippen LogP contribution in [0.5, 0.6) is 5.75 Å². The van der Waals surface area contributed by atoms with Crippen LogP contribution in [0.25, 0.3) is 0 Å². The number of hydrogen-bond donors (Lipinski definition) is 2. The van der Waals surface area contributed by atoms with Crippen LogP contribution in [0.2, 0.25) is 0 Å². The largest absolute Gasteiger partial charge is 0.508 e. The number of rotatable bonds is 4. The lowest BCUT2D eigenvalue weighted by atomic mass is 10.0. The highest BCUT2D eigenvalue weighted by Gasteiger charge is 2.25. The summed E-state index contributed by atoms with van der Waals surface area (Å²) in [6, 6.07) is 14.3. The van der Waals surface area contributed by atoms with Crippen molar-refractivity contribution in [3.8, 4) is 5.75 Å². The predicted octanol–water partition coefficient (Wildman–Crippen LogP) is 4.19. The second-order valence-corrected chi connectivity index (χ2v) is 5.33. The quantitative estimate of drug-likeness (QED) is 0.801. The van der Waals surface area contributed by atoms with E-state index in [9.17, 15) is 5.11 Å². The molecule has 0 bridgehead atoms. The fourth-order valence-corrected chi connectivity index (χ4v) is 2.45. The van der Waals surface area contributed by atoms with Gasteiger partial charge < -0.3 is 10.4 Å². The van der Waals surface area contributed by atoms with Crippen LogP contribution >= 0.6 is 0 Å². The van der Waals surface area contributed by atoms with Gasteiger partial charge in [0.05, 0.1) is 0 Å². The van der Waals surface area contributed by atoms with Crippen LogP contribution in [-0.4, -0.2) is 5.11 Å². The van der Waals surface area contributed by atoms with E-state index in [2.05, 4.69) is 29.6 Å². The molecule has 0 aromatic heterocycles. The number of benzene rings is 2. The second-order valence-electron chi connectivity index (χ2n) is 5.33. The Morgan fingerprint density at radius 3 is 2.68 bits per heavy atom. The third-order valence-electron chi connectivity index (χ3n) is 3.75. The minimum absolute atomic E-state index is 0.351. The molecule has 98 valence electrons. The van der Waals surface area contributed by atoms with Gasteiger partial charge in [-0.1, -0.05) is 24.3 Å². The van der Waals surface area contributed by atoms with Crippen LogP contribution in [0.4, 0.5) is 5.69 Å². The molecule has 2 heteroatoms. The Morgan fingerprint density at radius 2 is 1.95 bits per heavy atom. The van der Waals surface area contributed by atoms with Gasteiger partial charge in [-0.15, -0.1) is 0 Å². The molecule has 0 radical (unpaired) electrons. The van der Waals surface area contributed by atoms with E-state index in [4.69, 9.17) is 0 Å². The molecule has 1 aliphatic rings. The van der Waals surface area contributed by atoms with E-state index in [-0.39, 0.29) is 0 Å². The maximum Gasteiger partial charge on any atom is 0.118 e. The predicted molar refractivity (Wildman–Crippen MR) is 78.6 cm³/mol.